The number of benzene rings is 1. The Kier molecular flexibility index (Phi) is 1.87. The Morgan fingerprint density at radius 2 is 2.15 bits per heavy atom. The molecule has 0 unspecified atom stereocenters. The number of hydrogen-bond acceptors (Lipinski definition) is 1. The molecule has 1 heteroatoms. The zero-order valence-electron chi connectivity index (χ0n) is 8.01. The lowest BCUT2D eigenvalue weighted by Crippen LogP contribution is -1.96. The van der Waals surface area contributed by atoms with Crippen LogP contribution in [0.3, 0.4) is 0 Å². The average Bonchev–Trinajstić information content (AvgIpc) is 2.91. The van der Waals surface area contributed by atoms with Gasteiger partial charge in [-0.05, 0) is 36.8 Å². The summed E-state index contributed by atoms with van der Waals surface area (Å²) in [7, 11) is 0. The van der Waals surface area contributed by atoms with Gasteiger partial charge >= 0.3 is 0 Å². The van der Waals surface area contributed by atoms with E-state index in [1.807, 2.05) is 13.0 Å². The van der Waals surface area contributed by atoms with Gasteiger partial charge in [-0.2, -0.15) is 0 Å². The highest BCUT2D eigenvalue weighted by Crippen LogP contribution is 2.42. The van der Waals surface area contributed by atoms with Crippen LogP contribution in [0.1, 0.15) is 24.0 Å². The molecule has 0 aromatic heterocycles. The Balaban J connectivity index is 2.38. The molecule has 0 amide bonds. The first kappa shape index (κ1) is 8.36. The van der Waals surface area contributed by atoms with Crippen LogP contribution in [0.5, 0.6) is 0 Å². The van der Waals surface area contributed by atoms with Crippen LogP contribution >= 0.6 is 0 Å². The van der Waals surface area contributed by atoms with Gasteiger partial charge < -0.3 is 5.73 Å². The van der Waals surface area contributed by atoms with Gasteiger partial charge in [0.05, 0.1) is 0 Å². The number of para-hydroxylation sites is 1. The first-order chi connectivity index (χ1) is 6.20. The van der Waals surface area contributed by atoms with Crippen LogP contribution in [0.2, 0.25) is 0 Å². The molecular formula is C12H15N. The zero-order valence-corrected chi connectivity index (χ0v) is 8.01. The van der Waals surface area contributed by atoms with E-state index in [2.05, 4.69) is 18.7 Å². The third kappa shape index (κ3) is 1.46. The first-order valence-corrected chi connectivity index (χ1v) is 4.74. The van der Waals surface area contributed by atoms with Crippen LogP contribution in [-0.4, -0.2) is 0 Å². The smallest absolute Gasteiger partial charge is 0.0420 e. The van der Waals surface area contributed by atoms with Crippen molar-refractivity contribution in [1.29, 1.82) is 0 Å². The van der Waals surface area contributed by atoms with Gasteiger partial charge in [0, 0.05) is 11.3 Å². The van der Waals surface area contributed by atoms with E-state index in [-0.39, 0.29) is 0 Å². The van der Waals surface area contributed by atoms with Gasteiger partial charge in [-0.15, -0.1) is 0 Å². The van der Waals surface area contributed by atoms with E-state index in [0.717, 1.165) is 16.8 Å². The zero-order chi connectivity index (χ0) is 9.42. The second-order valence-corrected chi connectivity index (χ2v) is 3.84. The van der Waals surface area contributed by atoms with Crippen molar-refractivity contribution < 1.29 is 0 Å². The molecule has 0 bridgehead atoms. The van der Waals surface area contributed by atoms with Crippen LogP contribution in [0.4, 0.5) is 5.69 Å². The molecule has 0 spiro atoms. The van der Waals surface area contributed by atoms with Crippen LogP contribution in [0, 0.1) is 12.8 Å². The lowest BCUT2D eigenvalue weighted by molar-refractivity contribution is 1.15. The summed E-state index contributed by atoms with van der Waals surface area (Å²) in [5.41, 5.74) is 10.4. The summed E-state index contributed by atoms with van der Waals surface area (Å²) in [5.74, 6) is 0.698. The van der Waals surface area contributed by atoms with E-state index in [4.69, 9.17) is 5.73 Å². The minimum Gasteiger partial charge on any atom is -0.398 e. The number of nitrogen functional groups attached to an aromatic ring is 1. The van der Waals surface area contributed by atoms with Crippen LogP contribution in [0.25, 0.3) is 5.57 Å². The second-order valence-electron chi connectivity index (χ2n) is 3.84. The number of anilines is 1. The van der Waals surface area contributed by atoms with Crippen molar-refractivity contribution in [2.45, 2.75) is 19.8 Å². The van der Waals surface area contributed by atoms with Gasteiger partial charge in [0.25, 0.3) is 0 Å². The summed E-state index contributed by atoms with van der Waals surface area (Å²) in [6.45, 7) is 6.15. The molecule has 0 atom stereocenters. The van der Waals surface area contributed by atoms with Crippen molar-refractivity contribution in [1.82, 2.24) is 0 Å². The molecule has 0 heterocycles. The molecule has 1 aliphatic rings. The molecular weight excluding hydrogens is 158 g/mol. The van der Waals surface area contributed by atoms with Crippen molar-refractivity contribution in [2.24, 2.45) is 5.92 Å². The molecule has 1 saturated carbocycles. The number of nitrogens with two attached hydrogens (primary N) is 1. The maximum Gasteiger partial charge on any atom is 0.0420 e. The van der Waals surface area contributed by atoms with Crippen LogP contribution in [0.15, 0.2) is 24.8 Å². The predicted octanol–water partition coefficient (Wildman–Crippen LogP) is 3.00. The second kappa shape index (κ2) is 2.91. The third-order valence-corrected chi connectivity index (χ3v) is 2.74. The summed E-state index contributed by atoms with van der Waals surface area (Å²) >= 11 is 0. The maximum absolute atomic E-state index is 5.99. The highest BCUT2D eigenvalue weighted by Gasteiger charge is 2.26. The lowest BCUT2D eigenvalue weighted by Gasteiger charge is -2.09. The molecule has 1 fully saturated rings. The molecule has 0 aliphatic heterocycles. The summed E-state index contributed by atoms with van der Waals surface area (Å²) < 4.78 is 0. The number of aryl methyl sites for hydroxylation is 1. The minimum atomic E-state index is 0.698. The van der Waals surface area contributed by atoms with Crippen molar-refractivity contribution in [3.63, 3.8) is 0 Å². The van der Waals surface area contributed by atoms with E-state index >= 15 is 0 Å². The molecule has 1 aromatic carbocycles. The highest BCUT2D eigenvalue weighted by atomic mass is 14.6. The normalized spacial score (nSPS) is 15.8. The third-order valence-electron chi connectivity index (χ3n) is 2.74. The van der Waals surface area contributed by atoms with E-state index in [9.17, 15) is 0 Å². The van der Waals surface area contributed by atoms with Gasteiger partial charge in [0.15, 0.2) is 0 Å². The molecule has 2 rings (SSSR count). The number of rotatable bonds is 2. The molecule has 1 nitrogen and oxygen atoms in total. The summed E-state index contributed by atoms with van der Waals surface area (Å²) in [6.07, 6.45) is 2.57. The molecule has 0 radical (unpaired) electrons. The highest BCUT2D eigenvalue weighted by molar-refractivity contribution is 5.77. The van der Waals surface area contributed by atoms with E-state index in [1.54, 1.807) is 0 Å². The van der Waals surface area contributed by atoms with Gasteiger partial charge in [-0.25, -0.2) is 0 Å². The molecule has 0 saturated heterocycles. The summed E-state index contributed by atoms with van der Waals surface area (Å²) in [4.78, 5) is 0. The monoisotopic (exact) mass is 173 g/mol. The lowest BCUT2D eigenvalue weighted by atomic mass is 9.99. The van der Waals surface area contributed by atoms with Crippen molar-refractivity contribution in [3.8, 4) is 0 Å². The fourth-order valence-electron chi connectivity index (χ4n) is 1.61. The Labute approximate surface area is 79.3 Å². The quantitative estimate of drug-likeness (QED) is 0.683. The first-order valence-electron chi connectivity index (χ1n) is 4.74. The van der Waals surface area contributed by atoms with Gasteiger partial charge in [0.2, 0.25) is 0 Å². The standard InChI is InChI=1S/C12H15N/c1-8-4-3-5-11(12(8)13)9(2)10-6-7-10/h3-5,10H,2,6-7,13H2,1H3. The Morgan fingerprint density at radius 1 is 1.46 bits per heavy atom. The van der Waals surface area contributed by atoms with E-state index < -0.39 is 0 Å². The summed E-state index contributed by atoms with van der Waals surface area (Å²) in [5, 5.41) is 0. The Hall–Kier alpha value is -1.24. The maximum atomic E-state index is 5.99. The van der Waals surface area contributed by atoms with Crippen molar-refractivity contribution in [3.05, 3.63) is 35.9 Å². The molecule has 13 heavy (non-hydrogen) atoms. The summed E-state index contributed by atoms with van der Waals surface area (Å²) in [6, 6.07) is 6.16. The predicted molar refractivity (Wildman–Crippen MR) is 57.3 cm³/mol. The average molecular weight is 173 g/mol. The molecule has 1 aliphatic carbocycles. The molecule has 1 aromatic rings. The van der Waals surface area contributed by atoms with Crippen molar-refractivity contribution >= 4 is 11.3 Å². The van der Waals surface area contributed by atoms with E-state index in [1.165, 1.54) is 18.4 Å². The number of hydrogen-bond donors (Lipinski definition) is 1. The topological polar surface area (TPSA) is 26.0 Å². The number of allylic oxidation sites excluding steroid dienone is 1. The molecule has 68 valence electrons. The van der Waals surface area contributed by atoms with Crippen LogP contribution in [-0.2, 0) is 0 Å². The SMILES string of the molecule is C=C(c1cccc(C)c1N)C1CC1. The Morgan fingerprint density at radius 3 is 2.77 bits per heavy atom. The van der Waals surface area contributed by atoms with Gasteiger partial charge in [-0.3, -0.25) is 0 Å². The fraction of sp³-hybridized carbons (Fsp3) is 0.333. The van der Waals surface area contributed by atoms with Crippen molar-refractivity contribution in [2.75, 3.05) is 5.73 Å². The van der Waals surface area contributed by atoms with Crippen LogP contribution < -0.4 is 5.73 Å². The molecule has 2 N–H and O–H groups in total. The van der Waals surface area contributed by atoms with Gasteiger partial charge in [0.1, 0.15) is 0 Å². The van der Waals surface area contributed by atoms with E-state index in [0.29, 0.717) is 5.92 Å². The van der Waals surface area contributed by atoms with Gasteiger partial charge in [-0.1, -0.05) is 24.8 Å². The minimum absolute atomic E-state index is 0.698. The fourth-order valence-corrected chi connectivity index (χ4v) is 1.61. The largest absolute Gasteiger partial charge is 0.398 e. The Bertz CT molecular complexity index is 348.